The number of hydrogen-bond donors (Lipinski definition) is 0. The van der Waals surface area contributed by atoms with Crippen molar-refractivity contribution in [3.8, 4) is 0 Å². The van der Waals surface area contributed by atoms with E-state index in [2.05, 4.69) is 130 Å². The van der Waals surface area contributed by atoms with Gasteiger partial charge in [-0.1, -0.05) is 213 Å². The lowest BCUT2D eigenvalue weighted by molar-refractivity contribution is -0.162. The van der Waals surface area contributed by atoms with E-state index in [1.165, 1.54) is 77.0 Å². The summed E-state index contributed by atoms with van der Waals surface area (Å²) in [7, 11) is 0. The number of carbonyl (C=O) groups is 2. The van der Waals surface area contributed by atoms with Crippen LogP contribution in [0.4, 0.5) is 0 Å². The Bertz CT molecular complexity index is 1320. The van der Waals surface area contributed by atoms with Crippen molar-refractivity contribution in [2.24, 2.45) is 0 Å². The van der Waals surface area contributed by atoms with Crippen LogP contribution >= 0.6 is 0 Å². The lowest BCUT2D eigenvalue weighted by atomic mass is 10.1. The number of esters is 2. The Morgan fingerprint density at radius 1 is 0.375 bits per heavy atom. The van der Waals surface area contributed by atoms with Crippen molar-refractivity contribution >= 4 is 11.9 Å². The molecule has 0 aromatic carbocycles. The molecule has 0 spiro atoms. The van der Waals surface area contributed by atoms with Crippen molar-refractivity contribution in [2.45, 2.75) is 219 Å². The number of hydrogen-bond acceptors (Lipinski definition) is 5. The number of unbranched alkanes of at least 4 members (excludes halogenated alkanes) is 16. The standard InChI is InChI=1S/C59H96O5/c1-4-7-10-13-16-19-22-25-28-30-32-34-37-40-43-46-49-52-58(60)63-56-57(55-62-54-51-48-45-42-39-36-33-29-26-23-20-17-14-11-8-5-2)64-59(61)53-50-47-44-41-38-35-31-27-24-21-18-15-12-9-6-3/h8-9,11-12,17-18,20-21,25-29,31,36,38-39,41,47,50,57H,4-7,10,13-16,19,22-24,30,32-35,37,40,42-46,48-49,51-56H2,1-3H3/b11-8-,12-9-,20-17-,21-18-,28-25-,29-26-,31-27-,39-36-,41-38-,50-47-. The average Bonchev–Trinajstić information content (AvgIpc) is 3.30. The maximum atomic E-state index is 12.7. The highest BCUT2D eigenvalue weighted by Gasteiger charge is 2.17. The van der Waals surface area contributed by atoms with Crippen LogP contribution in [-0.2, 0) is 23.8 Å². The van der Waals surface area contributed by atoms with Crippen molar-refractivity contribution < 1.29 is 23.8 Å². The molecule has 1 unspecified atom stereocenters. The van der Waals surface area contributed by atoms with Gasteiger partial charge in [0.15, 0.2) is 6.10 Å². The van der Waals surface area contributed by atoms with Gasteiger partial charge in [-0.15, -0.1) is 0 Å². The summed E-state index contributed by atoms with van der Waals surface area (Å²) in [5, 5.41) is 0. The molecule has 5 nitrogen and oxygen atoms in total. The highest BCUT2D eigenvalue weighted by molar-refractivity contribution is 5.71. The van der Waals surface area contributed by atoms with Crippen LogP contribution in [0.3, 0.4) is 0 Å². The van der Waals surface area contributed by atoms with Crippen molar-refractivity contribution in [3.05, 3.63) is 122 Å². The Kier molecular flexibility index (Phi) is 50.5. The molecule has 0 amide bonds. The maximum Gasteiger partial charge on any atom is 0.310 e. The third-order valence-electron chi connectivity index (χ3n) is 10.5. The van der Waals surface area contributed by atoms with E-state index in [0.29, 0.717) is 13.0 Å². The van der Waals surface area contributed by atoms with Crippen LogP contribution in [0.5, 0.6) is 0 Å². The molecule has 0 rings (SSSR count). The zero-order valence-electron chi connectivity index (χ0n) is 41.5. The van der Waals surface area contributed by atoms with Crippen molar-refractivity contribution in [1.82, 2.24) is 0 Å². The normalized spacial score (nSPS) is 13.2. The van der Waals surface area contributed by atoms with Crippen molar-refractivity contribution in [2.75, 3.05) is 19.8 Å². The minimum absolute atomic E-state index is 0.0233. The Morgan fingerprint density at radius 3 is 1.22 bits per heavy atom. The maximum absolute atomic E-state index is 12.7. The monoisotopic (exact) mass is 885 g/mol. The molecule has 64 heavy (non-hydrogen) atoms. The first-order chi connectivity index (χ1) is 31.6. The summed E-state index contributed by atoms with van der Waals surface area (Å²) in [5.41, 5.74) is 0. The van der Waals surface area contributed by atoms with E-state index in [1.54, 1.807) is 0 Å². The summed E-state index contributed by atoms with van der Waals surface area (Å²) < 4.78 is 17.3. The Labute approximate surface area is 395 Å². The minimum Gasteiger partial charge on any atom is -0.462 e. The van der Waals surface area contributed by atoms with Crippen molar-refractivity contribution in [1.29, 1.82) is 0 Å². The highest BCUT2D eigenvalue weighted by Crippen LogP contribution is 2.12. The summed E-state index contributed by atoms with van der Waals surface area (Å²) in [5.74, 6) is -0.573. The molecule has 0 fully saturated rings. The molecule has 0 saturated carbocycles. The first-order valence-corrected chi connectivity index (χ1v) is 26.1. The topological polar surface area (TPSA) is 61.8 Å². The summed E-state index contributed by atoms with van der Waals surface area (Å²) in [6, 6.07) is 0. The molecule has 5 heteroatoms. The van der Waals surface area contributed by atoms with E-state index in [-0.39, 0.29) is 31.6 Å². The molecule has 0 aromatic heterocycles. The second kappa shape index (κ2) is 53.6. The summed E-state index contributed by atoms with van der Waals surface area (Å²) >= 11 is 0. The first-order valence-electron chi connectivity index (χ1n) is 26.1. The van der Waals surface area contributed by atoms with Gasteiger partial charge in [0, 0.05) is 13.0 Å². The van der Waals surface area contributed by atoms with Crippen molar-refractivity contribution in [3.63, 3.8) is 0 Å². The zero-order chi connectivity index (χ0) is 46.3. The molecule has 0 radical (unpaired) electrons. The van der Waals surface area contributed by atoms with E-state index in [0.717, 1.165) is 103 Å². The Hall–Kier alpha value is -3.70. The molecule has 0 aliphatic carbocycles. The van der Waals surface area contributed by atoms with E-state index in [1.807, 2.05) is 12.2 Å². The van der Waals surface area contributed by atoms with Crippen LogP contribution in [-0.4, -0.2) is 37.9 Å². The number of carbonyl (C=O) groups excluding carboxylic acids is 2. The third-order valence-corrected chi connectivity index (χ3v) is 10.5. The molecular weight excluding hydrogens is 789 g/mol. The summed E-state index contributed by atoms with van der Waals surface area (Å²) in [6.07, 6.45) is 75.2. The molecule has 0 bridgehead atoms. The second-order valence-corrected chi connectivity index (χ2v) is 16.7. The molecule has 0 heterocycles. The zero-order valence-corrected chi connectivity index (χ0v) is 41.5. The van der Waals surface area contributed by atoms with Crippen LogP contribution in [0, 0.1) is 0 Å². The van der Waals surface area contributed by atoms with Gasteiger partial charge in [-0.05, 0) is 109 Å². The fraction of sp³-hybridized carbons (Fsp3) is 0.627. The van der Waals surface area contributed by atoms with Crippen LogP contribution in [0.15, 0.2) is 122 Å². The van der Waals surface area contributed by atoms with Gasteiger partial charge in [0.05, 0.1) is 13.0 Å². The first kappa shape index (κ1) is 60.3. The van der Waals surface area contributed by atoms with E-state index in [9.17, 15) is 9.59 Å². The minimum atomic E-state index is -0.617. The fourth-order valence-corrected chi connectivity index (χ4v) is 6.69. The Balaban J connectivity index is 4.47. The van der Waals surface area contributed by atoms with Gasteiger partial charge < -0.3 is 14.2 Å². The SMILES string of the molecule is CC/C=C\C/C=C\C/C=C\C/C=C\C/C=C\CC(=O)OC(COCCCCC/C=C\C/C=C\C/C=C\C/C=C\CC)COC(=O)CCCCCCCCC/C=C\CCCCCCCC. The third kappa shape index (κ3) is 50.9. The van der Waals surface area contributed by atoms with Gasteiger partial charge in [0.1, 0.15) is 6.61 Å². The molecule has 0 aliphatic heterocycles. The predicted molar refractivity (Wildman–Crippen MR) is 279 cm³/mol. The molecule has 0 aliphatic rings. The van der Waals surface area contributed by atoms with Crippen LogP contribution in [0.25, 0.3) is 0 Å². The molecule has 362 valence electrons. The van der Waals surface area contributed by atoms with Gasteiger partial charge in [-0.25, -0.2) is 0 Å². The Morgan fingerprint density at radius 2 is 0.750 bits per heavy atom. The smallest absolute Gasteiger partial charge is 0.310 e. The van der Waals surface area contributed by atoms with Crippen LogP contribution in [0.2, 0.25) is 0 Å². The van der Waals surface area contributed by atoms with Gasteiger partial charge in [0.25, 0.3) is 0 Å². The molecular formula is C59H96O5. The van der Waals surface area contributed by atoms with Gasteiger partial charge in [-0.3, -0.25) is 9.59 Å². The van der Waals surface area contributed by atoms with Gasteiger partial charge in [-0.2, -0.15) is 0 Å². The number of allylic oxidation sites excluding steroid dienone is 19. The summed E-state index contributed by atoms with van der Waals surface area (Å²) in [6.45, 7) is 7.40. The quantitative estimate of drug-likeness (QED) is 0.0346. The molecule has 0 saturated heterocycles. The fourth-order valence-electron chi connectivity index (χ4n) is 6.69. The molecule has 0 N–H and O–H groups in total. The summed E-state index contributed by atoms with van der Waals surface area (Å²) in [4.78, 5) is 25.4. The van der Waals surface area contributed by atoms with Crippen LogP contribution in [0.1, 0.15) is 213 Å². The molecule has 0 aromatic rings. The highest BCUT2D eigenvalue weighted by atomic mass is 16.6. The largest absolute Gasteiger partial charge is 0.462 e. The van der Waals surface area contributed by atoms with Gasteiger partial charge in [0.2, 0.25) is 0 Å². The second-order valence-electron chi connectivity index (χ2n) is 16.7. The average molecular weight is 885 g/mol. The predicted octanol–water partition coefficient (Wildman–Crippen LogP) is 17.8. The van der Waals surface area contributed by atoms with E-state index >= 15 is 0 Å². The lowest BCUT2D eigenvalue weighted by Gasteiger charge is -2.18. The van der Waals surface area contributed by atoms with E-state index in [4.69, 9.17) is 14.2 Å². The van der Waals surface area contributed by atoms with Gasteiger partial charge >= 0.3 is 11.9 Å². The van der Waals surface area contributed by atoms with E-state index < -0.39 is 6.10 Å². The molecule has 1 atom stereocenters. The number of ether oxygens (including phenoxy) is 3. The lowest BCUT2D eigenvalue weighted by Crippen LogP contribution is -2.29. The van der Waals surface area contributed by atoms with Crippen LogP contribution < -0.4 is 0 Å². The number of rotatable bonds is 46.